The van der Waals surface area contributed by atoms with Crippen molar-refractivity contribution >= 4 is 28.5 Å². The third-order valence-electron chi connectivity index (χ3n) is 3.44. The summed E-state index contributed by atoms with van der Waals surface area (Å²) >= 11 is 7.91. The minimum absolute atomic E-state index is 0.105. The van der Waals surface area contributed by atoms with Crippen LogP contribution in [0.2, 0.25) is 5.02 Å². The summed E-state index contributed by atoms with van der Waals surface area (Å²) in [5.74, 6) is 1.70. The molecule has 0 radical (unpaired) electrons. The van der Waals surface area contributed by atoms with E-state index in [1.165, 1.54) is 6.42 Å². The molecule has 2 N–H and O–H groups in total. The fourth-order valence-corrected chi connectivity index (χ4v) is 3.67. The molecule has 3 rings (SSSR count). The van der Waals surface area contributed by atoms with E-state index in [0.717, 1.165) is 22.8 Å². The lowest BCUT2D eigenvalue weighted by Crippen LogP contribution is -2.13. The lowest BCUT2D eigenvalue weighted by Gasteiger charge is -2.13. The van der Waals surface area contributed by atoms with Gasteiger partial charge in [-0.05, 0) is 30.4 Å². The van der Waals surface area contributed by atoms with Crippen molar-refractivity contribution < 1.29 is 0 Å². The summed E-state index contributed by atoms with van der Waals surface area (Å²) in [7, 11) is 0. The molecule has 2 aliphatic rings. The highest BCUT2D eigenvalue weighted by Crippen LogP contribution is 2.60. The summed E-state index contributed by atoms with van der Waals surface area (Å²) in [5, 5.41) is 1.52. The first kappa shape index (κ1) is 10.5. The summed E-state index contributed by atoms with van der Waals surface area (Å²) < 4.78 is 0. The average Bonchev–Trinajstić information content (AvgIpc) is 2.93. The molecule has 4 heteroatoms. The highest BCUT2D eigenvalue weighted by Gasteiger charge is 2.56. The number of rotatable bonds is 1. The summed E-state index contributed by atoms with van der Waals surface area (Å²) in [4.78, 5) is 4.69. The third-order valence-corrected chi connectivity index (χ3v) is 4.60. The van der Waals surface area contributed by atoms with Crippen LogP contribution in [-0.4, -0.2) is 10.9 Å². The van der Waals surface area contributed by atoms with Crippen molar-refractivity contribution in [2.24, 2.45) is 16.6 Å². The molecule has 1 saturated carbocycles. The fraction of sp³-hybridized carbons (Fsp3) is 0.417. The highest BCUT2D eigenvalue weighted by atomic mass is 35.5. The van der Waals surface area contributed by atoms with Crippen molar-refractivity contribution in [2.45, 2.75) is 18.4 Å². The van der Waals surface area contributed by atoms with E-state index in [2.05, 4.69) is 11.1 Å². The van der Waals surface area contributed by atoms with E-state index in [-0.39, 0.29) is 5.54 Å². The van der Waals surface area contributed by atoms with Crippen LogP contribution in [0.4, 0.5) is 0 Å². The molecule has 0 spiro atoms. The first-order chi connectivity index (χ1) is 7.72. The number of nitrogens with zero attached hydrogens (tertiary/aromatic N) is 1. The van der Waals surface area contributed by atoms with Gasteiger partial charge < -0.3 is 5.73 Å². The van der Waals surface area contributed by atoms with Crippen molar-refractivity contribution in [1.82, 2.24) is 0 Å². The monoisotopic (exact) mass is 252 g/mol. The smallest absolute Gasteiger partial charge is 0.154 e. The van der Waals surface area contributed by atoms with Crippen LogP contribution in [0.15, 0.2) is 29.3 Å². The van der Waals surface area contributed by atoms with Gasteiger partial charge in [0.1, 0.15) is 0 Å². The van der Waals surface area contributed by atoms with Crippen LogP contribution in [0.25, 0.3) is 0 Å². The van der Waals surface area contributed by atoms with Crippen LogP contribution in [0, 0.1) is 5.92 Å². The zero-order valence-electron chi connectivity index (χ0n) is 8.82. The van der Waals surface area contributed by atoms with E-state index < -0.39 is 0 Å². The Bertz CT molecular complexity index is 460. The normalized spacial score (nSPS) is 32.6. The largest absolute Gasteiger partial charge is 0.379 e. The number of fused-ring (bicyclic) bond motifs is 1. The van der Waals surface area contributed by atoms with E-state index in [9.17, 15) is 0 Å². The molecule has 0 amide bonds. The van der Waals surface area contributed by atoms with Gasteiger partial charge >= 0.3 is 0 Å². The molecule has 2 atom stereocenters. The number of aliphatic imine (C=N–C) groups is 1. The summed E-state index contributed by atoms with van der Waals surface area (Å²) in [6.07, 6.45) is 2.28. The zero-order valence-corrected chi connectivity index (χ0v) is 10.4. The summed E-state index contributed by atoms with van der Waals surface area (Å²) in [6, 6.07) is 7.99. The molecular formula is C12H13ClN2S. The predicted octanol–water partition coefficient (Wildman–Crippen LogP) is 3.01. The first-order valence-corrected chi connectivity index (χ1v) is 6.82. The predicted molar refractivity (Wildman–Crippen MR) is 69.9 cm³/mol. The molecule has 0 saturated heterocycles. The molecule has 1 aliphatic carbocycles. The van der Waals surface area contributed by atoms with Crippen molar-refractivity contribution in [2.75, 3.05) is 5.75 Å². The van der Waals surface area contributed by atoms with Gasteiger partial charge in [-0.15, -0.1) is 0 Å². The maximum absolute atomic E-state index is 6.26. The van der Waals surface area contributed by atoms with Crippen LogP contribution in [-0.2, 0) is 5.54 Å². The average molecular weight is 253 g/mol. The number of nitrogens with two attached hydrogens (primary N) is 1. The standard InChI is InChI=1S/C12H13ClN2S/c13-10-4-2-1-3-9(10)12-7-8(12)5-6-16-11(14)15-12/h1-4,8H,5-7H2,(H2,14,15). The Kier molecular flexibility index (Phi) is 2.41. The molecule has 0 aromatic heterocycles. The van der Waals surface area contributed by atoms with Crippen LogP contribution < -0.4 is 5.73 Å². The maximum Gasteiger partial charge on any atom is 0.154 e. The van der Waals surface area contributed by atoms with Crippen LogP contribution in [0.3, 0.4) is 0 Å². The van der Waals surface area contributed by atoms with Gasteiger partial charge in [-0.1, -0.05) is 41.6 Å². The molecular weight excluding hydrogens is 240 g/mol. The lowest BCUT2D eigenvalue weighted by atomic mass is 10.0. The summed E-state index contributed by atoms with van der Waals surface area (Å²) in [6.45, 7) is 0. The molecule has 1 fully saturated rings. The number of hydrogen-bond acceptors (Lipinski definition) is 3. The molecule has 84 valence electrons. The van der Waals surface area contributed by atoms with Gasteiger partial charge in [-0.25, -0.2) is 0 Å². The number of thioether (sulfide) groups is 1. The minimum Gasteiger partial charge on any atom is -0.379 e. The molecule has 1 heterocycles. The Labute approximate surface area is 104 Å². The van der Waals surface area contributed by atoms with Crippen LogP contribution in [0.1, 0.15) is 18.4 Å². The molecule has 1 aliphatic heterocycles. The molecule has 0 bridgehead atoms. The van der Waals surface area contributed by atoms with Gasteiger partial charge in [-0.3, -0.25) is 4.99 Å². The van der Waals surface area contributed by atoms with Gasteiger partial charge in [0.05, 0.1) is 5.54 Å². The van der Waals surface area contributed by atoms with E-state index in [1.54, 1.807) is 11.8 Å². The number of hydrogen-bond donors (Lipinski definition) is 1. The van der Waals surface area contributed by atoms with Crippen molar-refractivity contribution in [1.29, 1.82) is 0 Å². The van der Waals surface area contributed by atoms with E-state index in [0.29, 0.717) is 11.1 Å². The van der Waals surface area contributed by atoms with Crippen molar-refractivity contribution in [3.63, 3.8) is 0 Å². The lowest BCUT2D eigenvalue weighted by molar-refractivity contribution is 0.626. The SMILES string of the molecule is NC1=NC2(c3ccccc3Cl)CC2CCS1. The Morgan fingerprint density at radius 1 is 1.44 bits per heavy atom. The Morgan fingerprint density at radius 3 is 3.06 bits per heavy atom. The zero-order chi connectivity index (χ0) is 11.2. The fourth-order valence-electron chi connectivity index (χ4n) is 2.53. The molecule has 2 unspecified atom stereocenters. The number of amidine groups is 1. The van der Waals surface area contributed by atoms with Crippen LogP contribution >= 0.6 is 23.4 Å². The van der Waals surface area contributed by atoms with Gasteiger partial charge in [-0.2, -0.15) is 0 Å². The molecule has 16 heavy (non-hydrogen) atoms. The number of halogens is 1. The third kappa shape index (κ3) is 1.54. The summed E-state index contributed by atoms with van der Waals surface area (Å²) in [5.41, 5.74) is 6.93. The Morgan fingerprint density at radius 2 is 2.25 bits per heavy atom. The van der Waals surface area contributed by atoms with E-state index in [4.69, 9.17) is 17.3 Å². The second kappa shape index (κ2) is 3.67. The maximum atomic E-state index is 6.26. The minimum atomic E-state index is -0.105. The molecule has 2 nitrogen and oxygen atoms in total. The number of benzene rings is 1. The van der Waals surface area contributed by atoms with Gasteiger partial charge in [0.25, 0.3) is 0 Å². The second-order valence-electron chi connectivity index (χ2n) is 4.39. The quantitative estimate of drug-likeness (QED) is 0.835. The Hall–Kier alpha value is -0.670. The molecule has 1 aromatic rings. The van der Waals surface area contributed by atoms with Crippen molar-refractivity contribution in [3.8, 4) is 0 Å². The Balaban J connectivity index is 2.06. The van der Waals surface area contributed by atoms with Gasteiger partial charge in [0.2, 0.25) is 0 Å². The molecule has 1 aromatic carbocycles. The van der Waals surface area contributed by atoms with E-state index >= 15 is 0 Å². The second-order valence-corrected chi connectivity index (χ2v) is 5.91. The first-order valence-electron chi connectivity index (χ1n) is 5.45. The van der Waals surface area contributed by atoms with Crippen LogP contribution in [0.5, 0.6) is 0 Å². The van der Waals surface area contributed by atoms with E-state index in [1.807, 2.05) is 18.2 Å². The highest BCUT2D eigenvalue weighted by molar-refractivity contribution is 8.13. The van der Waals surface area contributed by atoms with Gasteiger partial charge in [0, 0.05) is 10.8 Å². The topological polar surface area (TPSA) is 38.4 Å². The van der Waals surface area contributed by atoms with Gasteiger partial charge in [0.15, 0.2) is 5.17 Å². The van der Waals surface area contributed by atoms with Crippen molar-refractivity contribution in [3.05, 3.63) is 34.9 Å².